The van der Waals surface area contributed by atoms with Crippen molar-refractivity contribution in [2.45, 2.75) is 12.8 Å². The number of ether oxygens (including phenoxy) is 2. The van der Waals surface area contributed by atoms with Crippen LogP contribution < -0.4 is 19.9 Å². The van der Waals surface area contributed by atoms with Crippen molar-refractivity contribution in [1.82, 2.24) is 9.55 Å². The molecule has 7 nitrogen and oxygen atoms in total. The molecule has 0 N–H and O–H groups in total. The average Bonchev–Trinajstić information content (AvgIpc) is 3.42. The van der Waals surface area contributed by atoms with Crippen LogP contribution >= 0.6 is 0 Å². The summed E-state index contributed by atoms with van der Waals surface area (Å²) in [5, 5.41) is 9.30. The number of hydrogen-bond acceptors (Lipinski definition) is 6. The molecule has 0 amide bonds. The van der Waals surface area contributed by atoms with Crippen molar-refractivity contribution in [3.63, 3.8) is 0 Å². The lowest BCUT2D eigenvalue weighted by Crippen LogP contribution is -2.25. The number of hydrogen-bond donors (Lipinski definition) is 0. The molecule has 3 heterocycles. The lowest BCUT2D eigenvalue weighted by atomic mass is 10.1. The van der Waals surface area contributed by atoms with E-state index in [1.165, 1.54) is 12.8 Å². The van der Waals surface area contributed by atoms with Gasteiger partial charge in [-0.15, -0.1) is 0 Å². The van der Waals surface area contributed by atoms with Gasteiger partial charge in [0.05, 0.1) is 11.2 Å². The molecule has 7 heteroatoms. The van der Waals surface area contributed by atoms with Gasteiger partial charge in [0, 0.05) is 31.4 Å². The van der Waals surface area contributed by atoms with E-state index in [4.69, 9.17) is 9.47 Å². The molecule has 3 aromatic rings. The third-order valence-corrected chi connectivity index (χ3v) is 5.28. The van der Waals surface area contributed by atoms with E-state index in [0.29, 0.717) is 39.8 Å². The van der Waals surface area contributed by atoms with E-state index in [-0.39, 0.29) is 12.4 Å². The van der Waals surface area contributed by atoms with E-state index in [1.807, 2.05) is 18.2 Å². The summed E-state index contributed by atoms with van der Waals surface area (Å²) >= 11 is 0. The predicted octanol–water partition coefficient (Wildman–Crippen LogP) is 3.08. The molecule has 0 unspecified atom stereocenters. The van der Waals surface area contributed by atoms with Gasteiger partial charge in [0.25, 0.3) is 5.56 Å². The van der Waals surface area contributed by atoms with E-state index in [1.54, 1.807) is 29.8 Å². The van der Waals surface area contributed by atoms with Gasteiger partial charge in [0.2, 0.25) is 6.79 Å². The fourth-order valence-corrected chi connectivity index (χ4v) is 3.53. The summed E-state index contributed by atoms with van der Waals surface area (Å²) in [5.74, 6) is 1.98. The van der Waals surface area contributed by atoms with Crippen LogP contribution in [0.4, 0.5) is 11.4 Å². The highest BCUT2D eigenvalue weighted by Gasteiger charge is 2.28. The number of pyridine rings is 2. The van der Waals surface area contributed by atoms with Crippen molar-refractivity contribution in [2.75, 3.05) is 18.2 Å². The Morgan fingerprint density at radius 3 is 2.82 bits per heavy atom. The predicted molar refractivity (Wildman–Crippen MR) is 104 cm³/mol. The van der Waals surface area contributed by atoms with Crippen LogP contribution in [0.3, 0.4) is 0 Å². The molecule has 1 fully saturated rings. The minimum absolute atomic E-state index is 0.115. The van der Waals surface area contributed by atoms with Gasteiger partial charge in [-0.1, -0.05) is 0 Å². The van der Waals surface area contributed by atoms with Crippen LogP contribution in [0.2, 0.25) is 0 Å². The molecule has 0 atom stereocenters. The van der Waals surface area contributed by atoms with Gasteiger partial charge in [0.15, 0.2) is 11.5 Å². The molecule has 1 saturated carbocycles. The van der Waals surface area contributed by atoms with Crippen molar-refractivity contribution >= 4 is 22.4 Å². The van der Waals surface area contributed by atoms with Crippen LogP contribution in [0.1, 0.15) is 18.5 Å². The van der Waals surface area contributed by atoms with Gasteiger partial charge in [-0.05, 0) is 43.0 Å². The van der Waals surface area contributed by atoms with Gasteiger partial charge in [-0.2, -0.15) is 5.26 Å². The van der Waals surface area contributed by atoms with Crippen LogP contribution in [0.25, 0.3) is 11.0 Å². The number of nitriles is 1. The number of rotatable bonds is 4. The molecule has 140 valence electrons. The molecule has 0 radical (unpaired) electrons. The molecule has 1 aromatic carbocycles. The van der Waals surface area contributed by atoms with Gasteiger partial charge in [-0.25, -0.2) is 4.98 Å². The second kappa shape index (κ2) is 6.27. The van der Waals surface area contributed by atoms with E-state index in [0.717, 1.165) is 12.2 Å². The zero-order valence-electron chi connectivity index (χ0n) is 15.4. The highest BCUT2D eigenvalue weighted by Crippen LogP contribution is 2.41. The van der Waals surface area contributed by atoms with E-state index in [2.05, 4.69) is 16.0 Å². The highest BCUT2D eigenvalue weighted by atomic mass is 16.7. The molecule has 1 aliphatic heterocycles. The molecule has 2 aromatic heterocycles. The normalized spacial score (nSPS) is 14.9. The molecule has 2 aliphatic rings. The number of benzene rings is 1. The Labute approximate surface area is 161 Å². The van der Waals surface area contributed by atoms with Crippen LogP contribution in [0.15, 0.2) is 41.2 Å². The van der Waals surface area contributed by atoms with Gasteiger partial charge in [0.1, 0.15) is 17.3 Å². The molecular formula is C21H18N4O3. The monoisotopic (exact) mass is 374 g/mol. The van der Waals surface area contributed by atoms with E-state index < -0.39 is 0 Å². The van der Waals surface area contributed by atoms with Crippen molar-refractivity contribution < 1.29 is 9.47 Å². The first-order valence-electron chi connectivity index (χ1n) is 9.22. The summed E-state index contributed by atoms with van der Waals surface area (Å²) in [6.45, 7) is 0.990. The standard InChI is InChI=1S/C21H18N4O3/c1-24-16-6-4-14(10-22)23-21(16)17(9-20(24)26)25(11-13-2-3-13)15-5-7-18-19(8-15)28-12-27-18/h4-9,13H,2-3,11-12H2,1H3. The summed E-state index contributed by atoms with van der Waals surface area (Å²) in [6, 6.07) is 12.9. The summed E-state index contributed by atoms with van der Waals surface area (Å²) in [7, 11) is 1.72. The lowest BCUT2D eigenvalue weighted by Gasteiger charge is -2.26. The maximum Gasteiger partial charge on any atom is 0.252 e. The maximum atomic E-state index is 12.6. The van der Waals surface area contributed by atoms with Crippen molar-refractivity contribution in [2.24, 2.45) is 13.0 Å². The zero-order chi connectivity index (χ0) is 19.3. The summed E-state index contributed by atoms with van der Waals surface area (Å²) < 4.78 is 12.5. The number of aryl methyl sites for hydroxylation is 1. The number of fused-ring (bicyclic) bond motifs is 2. The van der Waals surface area contributed by atoms with Crippen LogP contribution in [-0.4, -0.2) is 22.9 Å². The quantitative estimate of drug-likeness (QED) is 0.698. The fourth-order valence-electron chi connectivity index (χ4n) is 3.53. The van der Waals surface area contributed by atoms with Crippen molar-refractivity contribution in [1.29, 1.82) is 5.26 Å². The Kier molecular flexibility index (Phi) is 3.72. The molecule has 5 rings (SSSR count). The Morgan fingerprint density at radius 2 is 2.04 bits per heavy atom. The Bertz CT molecular complexity index is 1190. The first-order chi connectivity index (χ1) is 13.6. The van der Waals surface area contributed by atoms with Crippen molar-refractivity contribution in [3.8, 4) is 17.6 Å². The summed E-state index contributed by atoms with van der Waals surface area (Å²) in [5.41, 5.74) is 3.17. The minimum atomic E-state index is -0.115. The molecule has 0 bridgehead atoms. The second-order valence-electron chi connectivity index (χ2n) is 7.19. The fraction of sp³-hybridized carbons (Fsp3) is 0.286. The molecule has 0 spiro atoms. The number of aromatic nitrogens is 2. The van der Waals surface area contributed by atoms with Crippen molar-refractivity contribution in [3.05, 3.63) is 52.4 Å². The Hall–Kier alpha value is -3.53. The van der Waals surface area contributed by atoms with Gasteiger partial charge < -0.3 is 18.9 Å². The minimum Gasteiger partial charge on any atom is -0.454 e. The van der Waals surface area contributed by atoms with Crippen LogP contribution in [0.5, 0.6) is 11.5 Å². The Morgan fingerprint density at radius 1 is 1.21 bits per heavy atom. The maximum absolute atomic E-state index is 12.6. The van der Waals surface area contributed by atoms with Gasteiger partial charge >= 0.3 is 0 Å². The SMILES string of the molecule is Cn1c(=O)cc(N(CC2CC2)c2ccc3c(c2)OCO3)c2nc(C#N)ccc21. The molecular weight excluding hydrogens is 356 g/mol. The van der Waals surface area contributed by atoms with Crippen LogP contribution in [-0.2, 0) is 7.05 Å². The summed E-state index contributed by atoms with van der Waals surface area (Å²) in [4.78, 5) is 19.3. The highest BCUT2D eigenvalue weighted by molar-refractivity contribution is 5.91. The number of nitrogens with zero attached hydrogens (tertiary/aromatic N) is 4. The molecule has 0 saturated heterocycles. The van der Waals surface area contributed by atoms with Crippen LogP contribution in [0, 0.1) is 17.2 Å². The summed E-state index contributed by atoms with van der Waals surface area (Å²) in [6.07, 6.45) is 2.33. The van der Waals surface area contributed by atoms with E-state index >= 15 is 0 Å². The third-order valence-electron chi connectivity index (χ3n) is 5.28. The average molecular weight is 374 g/mol. The zero-order valence-corrected chi connectivity index (χ0v) is 15.4. The molecule has 1 aliphatic carbocycles. The largest absolute Gasteiger partial charge is 0.454 e. The third kappa shape index (κ3) is 2.74. The number of anilines is 2. The second-order valence-corrected chi connectivity index (χ2v) is 7.19. The Balaban J connectivity index is 1.73. The first-order valence-corrected chi connectivity index (χ1v) is 9.22. The smallest absolute Gasteiger partial charge is 0.252 e. The first kappa shape index (κ1) is 16.6. The van der Waals surface area contributed by atoms with Gasteiger partial charge in [-0.3, -0.25) is 4.79 Å². The topological polar surface area (TPSA) is 80.4 Å². The lowest BCUT2D eigenvalue weighted by molar-refractivity contribution is 0.174. The molecule has 28 heavy (non-hydrogen) atoms. The van der Waals surface area contributed by atoms with E-state index in [9.17, 15) is 10.1 Å².